The number of rotatable bonds is 6. The summed E-state index contributed by atoms with van der Waals surface area (Å²) >= 11 is 0. The van der Waals surface area contributed by atoms with Crippen LogP contribution in [0.3, 0.4) is 0 Å². The lowest BCUT2D eigenvalue weighted by molar-refractivity contribution is 0.262. The van der Waals surface area contributed by atoms with Crippen molar-refractivity contribution in [2.75, 3.05) is 24.5 Å². The van der Waals surface area contributed by atoms with Crippen LogP contribution in [0.5, 0.6) is 0 Å². The van der Waals surface area contributed by atoms with Gasteiger partial charge < -0.3 is 4.90 Å². The van der Waals surface area contributed by atoms with Crippen LogP contribution in [0.15, 0.2) is 65.7 Å². The van der Waals surface area contributed by atoms with Crippen LogP contribution in [0.1, 0.15) is 27.6 Å². The average molecular weight is 453 g/mol. The van der Waals surface area contributed by atoms with E-state index in [4.69, 9.17) is 11.9 Å². The third-order valence-electron chi connectivity index (χ3n) is 5.95. The standard InChI is InChI=1S/C24H26N4O3S/c1-18-6-8-20(9-7-18)32(29,30)31-17-13-19-10-14-27(15-11-19)23-12-16-28-22-5-3-2-4-21(22)25-24(28)26-23/h2-9,12,16,19H,10-11,13-15,17H2,1H3/i17D2. The predicted molar refractivity (Wildman–Crippen MR) is 124 cm³/mol. The molecular formula is C24H26N4O3S. The van der Waals surface area contributed by atoms with E-state index in [2.05, 4.69) is 9.88 Å². The number of aromatic nitrogens is 3. The van der Waals surface area contributed by atoms with Crippen LogP contribution < -0.4 is 4.90 Å². The topological polar surface area (TPSA) is 76.8 Å². The van der Waals surface area contributed by atoms with E-state index in [0.717, 1.165) is 35.3 Å². The average Bonchev–Trinajstić information content (AvgIpc) is 3.16. The molecule has 8 heteroatoms. The summed E-state index contributed by atoms with van der Waals surface area (Å²) in [7, 11) is -4.18. The molecule has 0 aliphatic carbocycles. The van der Waals surface area contributed by atoms with Gasteiger partial charge in [0.2, 0.25) is 5.78 Å². The van der Waals surface area contributed by atoms with Crippen molar-refractivity contribution in [1.29, 1.82) is 0 Å². The zero-order chi connectivity index (χ0) is 23.9. The number of aryl methyl sites for hydroxylation is 1. The Morgan fingerprint density at radius 2 is 1.81 bits per heavy atom. The van der Waals surface area contributed by atoms with Gasteiger partial charge in [0.1, 0.15) is 5.82 Å². The smallest absolute Gasteiger partial charge is 0.296 e. The first-order valence-electron chi connectivity index (χ1n) is 11.7. The van der Waals surface area contributed by atoms with Gasteiger partial charge in [0.25, 0.3) is 10.1 Å². The number of piperidine rings is 1. The number of anilines is 1. The number of nitrogens with zero attached hydrogens (tertiary/aromatic N) is 4. The molecule has 0 N–H and O–H groups in total. The molecule has 1 fully saturated rings. The number of fused-ring (bicyclic) bond motifs is 3. The summed E-state index contributed by atoms with van der Waals surface area (Å²) in [6.07, 6.45) is 3.43. The summed E-state index contributed by atoms with van der Waals surface area (Å²) in [5.74, 6) is 1.49. The summed E-state index contributed by atoms with van der Waals surface area (Å²) in [5, 5.41) is 0. The molecule has 5 rings (SSSR count). The van der Waals surface area contributed by atoms with Gasteiger partial charge in [0, 0.05) is 19.3 Å². The van der Waals surface area contributed by atoms with Gasteiger partial charge in [-0.1, -0.05) is 29.8 Å². The van der Waals surface area contributed by atoms with Gasteiger partial charge in [-0.2, -0.15) is 13.4 Å². The van der Waals surface area contributed by atoms with E-state index in [0.29, 0.717) is 18.9 Å². The molecule has 2 aromatic heterocycles. The number of imidazole rings is 1. The zero-order valence-electron chi connectivity index (χ0n) is 19.8. The first kappa shape index (κ1) is 18.6. The fraction of sp³-hybridized carbons (Fsp3) is 0.333. The van der Waals surface area contributed by atoms with Crippen LogP contribution in [0.2, 0.25) is 0 Å². The maximum atomic E-state index is 12.5. The fourth-order valence-corrected chi connectivity index (χ4v) is 4.85. The van der Waals surface area contributed by atoms with E-state index in [1.165, 1.54) is 12.1 Å². The molecule has 1 aliphatic heterocycles. The summed E-state index contributed by atoms with van der Waals surface area (Å²) in [6, 6.07) is 16.1. The van der Waals surface area contributed by atoms with Gasteiger partial charge in [0.05, 0.1) is 25.2 Å². The van der Waals surface area contributed by atoms with Gasteiger partial charge in [-0.3, -0.25) is 8.58 Å². The van der Waals surface area contributed by atoms with Crippen molar-refractivity contribution in [3.05, 3.63) is 66.4 Å². The molecule has 3 heterocycles. The first-order chi connectivity index (χ1) is 16.2. The largest absolute Gasteiger partial charge is 0.356 e. The Morgan fingerprint density at radius 1 is 1.06 bits per heavy atom. The zero-order valence-corrected chi connectivity index (χ0v) is 18.6. The molecule has 1 aliphatic rings. The SMILES string of the molecule is [2H]C([2H])(CC1CCN(c2ccn3c(n2)nc2ccccc23)CC1)OS(=O)(=O)c1ccc(C)cc1. The Morgan fingerprint density at radius 3 is 2.59 bits per heavy atom. The fourth-order valence-electron chi connectivity index (χ4n) is 4.06. The maximum absolute atomic E-state index is 12.5. The Kier molecular flexibility index (Phi) is 4.95. The number of hydrogen-bond acceptors (Lipinski definition) is 6. The van der Waals surface area contributed by atoms with Gasteiger partial charge in [-0.15, -0.1) is 0 Å². The first-order valence-corrected chi connectivity index (χ1v) is 12.1. The summed E-state index contributed by atoms with van der Waals surface area (Å²) < 4.78 is 48.4. The minimum atomic E-state index is -4.18. The van der Waals surface area contributed by atoms with Gasteiger partial charge in [-0.25, -0.2) is 4.98 Å². The molecule has 0 bridgehead atoms. The van der Waals surface area contributed by atoms with Crippen molar-refractivity contribution in [3.8, 4) is 0 Å². The molecule has 0 radical (unpaired) electrons. The highest BCUT2D eigenvalue weighted by Crippen LogP contribution is 2.26. The molecule has 0 spiro atoms. The molecule has 0 saturated carbocycles. The molecule has 0 atom stereocenters. The molecular weight excluding hydrogens is 424 g/mol. The number of benzene rings is 2. The van der Waals surface area contributed by atoms with Crippen LogP contribution in [0, 0.1) is 12.8 Å². The molecule has 32 heavy (non-hydrogen) atoms. The Bertz CT molecular complexity index is 1430. The highest BCUT2D eigenvalue weighted by Gasteiger charge is 2.22. The molecule has 2 aromatic carbocycles. The third kappa shape index (κ3) is 4.20. The number of para-hydroxylation sites is 2. The van der Waals surface area contributed by atoms with Crippen molar-refractivity contribution in [2.24, 2.45) is 5.92 Å². The Labute approximate surface area is 190 Å². The van der Waals surface area contributed by atoms with E-state index in [1.54, 1.807) is 12.1 Å². The van der Waals surface area contributed by atoms with Crippen LogP contribution in [0.25, 0.3) is 16.8 Å². The summed E-state index contributed by atoms with van der Waals surface area (Å²) in [5.41, 5.74) is 2.83. The Balaban J connectivity index is 1.22. The minimum Gasteiger partial charge on any atom is -0.356 e. The van der Waals surface area contributed by atoms with Crippen molar-refractivity contribution >= 4 is 32.7 Å². The second-order valence-electron chi connectivity index (χ2n) is 8.19. The number of hydrogen-bond donors (Lipinski definition) is 0. The molecule has 0 amide bonds. The quantitative estimate of drug-likeness (QED) is 0.408. The van der Waals surface area contributed by atoms with Crippen molar-refractivity contribution in [3.63, 3.8) is 0 Å². The van der Waals surface area contributed by atoms with Crippen molar-refractivity contribution in [2.45, 2.75) is 31.1 Å². The summed E-state index contributed by atoms with van der Waals surface area (Å²) in [4.78, 5) is 11.4. The lowest BCUT2D eigenvalue weighted by Crippen LogP contribution is -2.34. The van der Waals surface area contributed by atoms with E-state index in [1.807, 2.05) is 47.9 Å². The maximum Gasteiger partial charge on any atom is 0.296 e. The highest BCUT2D eigenvalue weighted by molar-refractivity contribution is 7.86. The van der Waals surface area contributed by atoms with E-state index < -0.39 is 16.7 Å². The monoisotopic (exact) mass is 452 g/mol. The van der Waals surface area contributed by atoms with Crippen LogP contribution in [-0.4, -0.2) is 42.4 Å². The Hall–Kier alpha value is -2.97. The lowest BCUT2D eigenvalue weighted by atomic mass is 9.94. The van der Waals surface area contributed by atoms with E-state index >= 15 is 0 Å². The van der Waals surface area contributed by atoms with E-state index in [-0.39, 0.29) is 17.2 Å². The van der Waals surface area contributed by atoms with Crippen molar-refractivity contribution < 1.29 is 15.3 Å². The van der Waals surface area contributed by atoms with Crippen LogP contribution in [-0.2, 0) is 14.3 Å². The molecule has 0 unspecified atom stereocenters. The van der Waals surface area contributed by atoms with Crippen LogP contribution in [0.4, 0.5) is 5.82 Å². The molecule has 166 valence electrons. The molecule has 4 aromatic rings. The van der Waals surface area contributed by atoms with Gasteiger partial charge >= 0.3 is 0 Å². The summed E-state index contributed by atoms with van der Waals surface area (Å²) in [6.45, 7) is 0.987. The highest BCUT2D eigenvalue weighted by atomic mass is 32.2. The predicted octanol–water partition coefficient (Wildman–Crippen LogP) is 4.20. The van der Waals surface area contributed by atoms with Crippen LogP contribution >= 0.6 is 0 Å². The van der Waals surface area contributed by atoms with Gasteiger partial charge in [0.15, 0.2) is 0 Å². The normalized spacial score (nSPS) is 17.0. The van der Waals surface area contributed by atoms with Crippen molar-refractivity contribution in [1.82, 2.24) is 14.4 Å². The second kappa shape index (κ2) is 8.52. The molecule has 7 nitrogen and oxygen atoms in total. The second-order valence-corrected chi connectivity index (χ2v) is 9.73. The van der Waals surface area contributed by atoms with Gasteiger partial charge in [-0.05, 0) is 62.4 Å². The third-order valence-corrected chi connectivity index (χ3v) is 7.14. The lowest BCUT2D eigenvalue weighted by Gasteiger charge is -2.32. The molecule has 1 saturated heterocycles. The van der Waals surface area contributed by atoms with E-state index in [9.17, 15) is 8.42 Å². The minimum absolute atomic E-state index is 0.0113.